The number of carbonyl (C=O) groups is 1. The third-order valence-corrected chi connectivity index (χ3v) is 1.95. The van der Waals surface area contributed by atoms with Gasteiger partial charge in [-0.05, 0) is 19.9 Å². The fraction of sp³-hybridized carbons (Fsp3) is 0.600. The largest absolute Gasteiger partial charge is 0.389 e. The molecule has 0 fully saturated rings. The van der Waals surface area contributed by atoms with Crippen molar-refractivity contribution in [3.05, 3.63) is 18.0 Å². The van der Waals surface area contributed by atoms with Crippen LogP contribution in [0.5, 0.6) is 0 Å². The van der Waals surface area contributed by atoms with E-state index in [4.69, 9.17) is 0 Å². The van der Waals surface area contributed by atoms with Crippen LogP contribution in [0.2, 0.25) is 0 Å². The van der Waals surface area contributed by atoms with Gasteiger partial charge in [-0.3, -0.25) is 9.89 Å². The summed E-state index contributed by atoms with van der Waals surface area (Å²) in [6.07, 6.45) is 1.89. The van der Waals surface area contributed by atoms with Crippen LogP contribution in [0.1, 0.15) is 19.5 Å². The van der Waals surface area contributed by atoms with Gasteiger partial charge in [-0.15, -0.1) is 0 Å². The maximum absolute atomic E-state index is 11.7. The second-order valence-electron chi connectivity index (χ2n) is 4.32. The van der Waals surface area contributed by atoms with Crippen molar-refractivity contribution in [3.8, 4) is 0 Å². The molecule has 2 N–H and O–H groups in total. The SMILES string of the molecule is CN(CC(C)(C)O)C(=O)Cc1ccn[nH]1. The minimum atomic E-state index is -0.863. The van der Waals surface area contributed by atoms with Crippen molar-refractivity contribution in [2.75, 3.05) is 13.6 Å². The molecule has 1 aromatic heterocycles. The van der Waals surface area contributed by atoms with Crippen LogP contribution in [0.25, 0.3) is 0 Å². The van der Waals surface area contributed by atoms with E-state index in [-0.39, 0.29) is 12.3 Å². The lowest BCUT2D eigenvalue weighted by atomic mass is 10.1. The van der Waals surface area contributed by atoms with Crippen molar-refractivity contribution in [3.63, 3.8) is 0 Å². The first-order valence-corrected chi connectivity index (χ1v) is 4.83. The lowest BCUT2D eigenvalue weighted by molar-refractivity contribution is -0.131. The number of nitrogens with zero attached hydrogens (tertiary/aromatic N) is 2. The first-order chi connectivity index (χ1) is 6.88. The van der Waals surface area contributed by atoms with Gasteiger partial charge in [0, 0.05) is 25.5 Å². The van der Waals surface area contributed by atoms with Gasteiger partial charge in [0.15, 0.2) is 0 Å². The Labute approximate surface area is 89.1 Å². The van der Waals surface area contributed by atoms with E-state index in [0.717, 1.165) is 5.69 Å². The van der Waals surface area contributed by atoms with Gasteiger partial charge in [-0.25, -0.2) is 0 Å². The maximum atomic E-state index is 11.7. The molecule has 1 aromatic rings. The normalized spacial score (nSPS) is 11.5. The van der Waals surface area contributed by atoms with Crippen LogP contribution in [-0.4, -0.2) is 45.3 Å². The van der Waals surface area contributed by atoms with Crippen LogP contribution in [0.3, 0.4) is 0 Å². The van der Waals surface area contributed by atoms with Crippen molar-refractivity contribution in [2.45, 2.75) is 25.9 Å². The highest BCUT2D eigenvalue weighted by atomic mass is 16.3. The lowest BCUT2D eigenvalue weighted by Crippen LogP contribution is -2.40. The molecule has 0 aliphatic rings. The lowest BCUT2D eigenvalue weighted by Gasteiger charge is -2.25. The Kier molecular flexibility index (Phi) is 3.47. The zero-order valence-corrected chi connectivity index (χ0v) is 9.32. The Morgan fingerprint density at radius 2 is 2.33 bits per heavy atom. The average Bonchev–Trinajstić information content (AvgIpc) is 2.53. The molecular weight excluding hydrogens is 194 g/mol. The molecule has 84 valence electrons. The van der Waals surface area contributed by atoms with Crippen molar-refractivity contribution in [1.29, 1.82) is 0 Å². The van der Waals surface area contributed by atoms with Gasteiger partial charge in [0.05, 0.1) is 12.0 Å². The number of aliphatic hydroxyl groups is 1. The number of rotatable bonds is 4. The molecule has 15 heavy (non-hydrogen) atoms. The molecular formula is C10H17N3O2. The van der Waals surface area contributed by atoms with Gasteiger partial charge in [0.25, 0.3) is 0 Å². The van der Waals surface area contributed by atoms with E-state index in [1.165, 1.54) is 4.90 Å². The van der Waals surface area contributed by atoms with Gasteiger partial charge in [0.1, 0.15) is 0 Å². The zero-order chi connectivity index (χ0) is 11.5. The smallest absolute Gasteiger partial charge is 0.228 e. The highest BCUT2D eigenvalue weighted by Crippen LogP contribution is 2.05. The van der Waals surface area contributed by atoms with Gasteiger partial charge in [-0.2, -0.15) is 5.10 Å². The predicted octanol–water partition coefficient (Wildman–Crippen LogP) is 0.181. The molecule has 1 heterocycles. The molecule has 0 atom stereocenters. The van der Waals surface area contributed by atoms with E-state index in [1.54, 1.807) is 33.2 Å². The molecule has 0 saturated carbocycles. The summed E-state index contributed by atoms with van der Waals surface area (Å²) in [5, 5.41) is 16.0. The van der Waals surface area contributed by atoms with E-state index in [0.29, 0.717) is 6.54 Å². The van der Waals surface area contributed by atoms with E-state index in [9.17, 15) is 9.90 Å². The summed E-state index contributed by atoms with van der Waals surface area (Å²) in [6.45, 7) is 3.67. The van der Waals surface area contributed by atoms with E-state index >= 15 is 0 Å². The monoisotopic (exact) mass is 211 g/mol. The molecule has 0 unspecified atom stereocenters. The fourth-order valence-electron chi connectivity index (χ4n) is 1.35. The van der Waals surface area contributed by atoms with Crippen LogP contribution in [-0.2, 0) is 11.2 Å². The molecule has 0 aliphatic carbocycles. The first kappa shape index (κ1) is 11.7. The number of aromatic amines is 1. The predicted molar refractivity (Wildman–Crippen MR) is 56.2 cm³/mol. The molecule has 0 aromatic carbocycles. The number of H-pyrrole nitrogens is 1. The van der Waals surface area contributed by atoms with Crippen molar-refractivity contribution in [2.24, 2.45) is 0 Å². The number of aromatic nitrogens is 2. The van der Waals surface area contributed by atoms with E-state index < -0.39 is 5.60 Å². The second-order valence-corrected chi connectivity index (χ2v) is 4.32. The second kappa shape index (κ2) is 4.44. The van der Waals surface area contributed by atoms with Crippen LogP contribution in [0, 0.1) is 0 Å². The number of amides is 1. The molecule has 0 aliphatic heterocycles. The van der Waals surface area contributed by atoms with Crippen molar-refractivity contribution < 1.29 is 9.90 Å². The Morgan fingerprint density at radius 1 is 1.67 bits per heavy atom. The molecule has 0 saturated heterocycles. The van der Waals surface area contributed by atoms with Crippen LogP contribution < -0.4 is 0 Å². The number of nitrogens with one attached hydrogen (secondary N) is 1. The Balaban J connectivity index is 2.47. The number of likely N-dealkylation sites (N-methyl/N-ethyl adjacent to an activating group) is 1. The van der Waals surface area contributed by atoms with Crippen LogP contribution >= 0.6 is 0 Å². The van der Waals surface area contributed by atoms with Gasteiger partial charge in [0.2, 0.25) is 5.91 Å². The first-order valence-electron chi connectivity index (χ1n) is 4.83. The standard InChI is InChI=1S/C10H17N3O2/c1-10(2,15)7-13(3)9(14)6-8-4-5-11-12-8/h4-5,15H,6-7H2,1-3H3,(H,11,12). The molecule has 5 heteroatoms. The zero-order valence-electron chi connectivity index (χ0n) is 9.32. The Bertz CT molecular complexity index is 314. The van der Waals surface area contributed by atoms with E-state index in [1.807, 2.05) is 0 Å². The van der Waals surface area contributed by atoms with Gasteiger partial charge in [-0.1, -0.05) is 0 Å². The summed E-state index contributed by atoms with van der Waals surface area (Å²) in [7, 11) is 1.68. The highest BCUT2D eigenvalue weighted by Gasteiger charge is 2.19. The van der Waals surface area contributed by atoms with Crippen molar-refractivity contribution in [1.82, 2.24) is 15.1 Å². The van der Waals surface area contributed by atoms with Gasteiger partial charge >= 0.3 is 0 Å². The molecule has 1 amide bonds. The summed E-state index contributed by atoms with van der Waals surface area (Å²) in [5.74, 6) is -0.0404. The average molecular weight is 211 g/mol. The minimum Gasteiger partial charge on any atom is -0.389 e. The van der Waals surface area contributed by atoms with E-state index in [2.05, 4.69) is 10.2 Å². The highest BCUT2D eigenvalue weighted by molar-refractivity contribution is 5.78. The molecule has 1 rings (SSSR count). The summed E-state index contributed by atoms with van der Waals surface area (Å²) in [6, 6.07) is 1.76. The summed E-state index contributed by atoms with van der Waals surface area (Å²) >= 11 is 0. The third-order valence-electron chi connectivity index (χ3n) is 1.95. The molecule has 0 bridgehead atoms. The molecule has 0 radical (unpaired) electrons. The maximum Gasteiger partial charge on any atom is 0.228 e. The topological polar surface area (TPSA) is 69.2 Å². The number of hydrogen-bond donors (Lipinski definition) is 2. The van der Waals surface area contributed by atoms with Crippen LogP contribution in [0.4, 0.5) is 0 Å². The third kappa shape index (κ3) is 4.12. The Hall–Kier alpha value is -1.36. The Morgan fingerprint density at radius 3 is 2.80 bits per heavy atom. The molecule has 5 nitrogen and oxygen atoms in total. The molecule has 0 spiro atoms. The minimum absolute atomic E-state index is 0.0404. The summed E-state index contributed by atoms with van der Waals surface area (Å²) < 4.78 is 0. The quantitative estimate of drug-likeness (QED) is 0.746. The van der Waals surface area contributed by atoms with Crippen LogP contribution in [0.15, 0.2) is 12.3 Å². The number of hydrogen-bond acceptors (Lipinski definition) is 3. The van der Waals surface area contributed by atoms with Gasteiger partial charge < -0.3 is 10.0 Å². The fourth-order valence-corrected chi connectivity index (χ4v) is 1.35. The number of carbonyl (C=O) groups excluding carboxylic acids is 1. The summed E-state index contributed by atoms with van der Waals surface area (Å²) in [4.78, 5) is 13.2. The summed E-state index contributed by atoms with van der Waals surface area (Å²) in [5.41, 5.74) is -0.0825. The van der Waals surface area contributed by atoms with Crippen molar-refractivity contribution >= 4 is 5.91 Å².